The van der Waals surface area contributed by atoms with Gasteiger partial charge in [-0.15, -0.1) is 11.8 Å². The number of alkyl halides is 3. The maximum Gasteiger partial charge on any atom is 0.501 e. The summed E-state index contributed by atoms with van der Waals surface area (Å²) < 4.78 is 120. The van der Waals surface area contributed by atoms with Crippen molar-refractivity contribution >= 4 is 79.4 Å². The molecule has 2 fully saturated rings. The molecule has 15 nitrogen and oxygen atoms in total. The quantitative estimate of drug-likeness (QED) is 0.0392. The lowest BCUT2D eigenvalue weighted by molar-refractivity contribution is -0.118. The topological polar surface area (TPSA) is 178 Å². The minimum absolute atomic E-state index is 0.0264. The molecule has 1 aliphatic carbocycles. The lowest BCUT2D eigenvalue weighted by Gasteiger charge is -2.39. The zero-order valence-corrected chi connectivity index (χ0v) is 50.6. The molecule has 0 radical (unpaired) electrons. The average Bonchev–Trinajstić information content (AvgIpc) is 3.44. The van der Waals surface area contributed by atoms with Gasteiger partial charge >= 0.3 is 13.0 Å². The number of anilines is 2. The van der Waals surface area contributed by atoms with Gasteiger partial charge in [0, 0.05) is 105 Å². The largest absolute Gasteiger partial charge is 0.501 e. The Bertz CT molecular complexity index is 3310. The van der Waals surface area contributed by atoms with E-state index >= 15 is 0 Å². The third-order valence-corrected chi connectivity index (χ3v) is 21.6. The van der Waals surface area contributed by atoms with Gasteiger partial charge in [0.1, 0.15) is 16.4 Å². The van der Waals surface area contributed by atoms with Crippen molar-refractivity contribution in [3.05, 3.63) is 149 Å². The maximum atomic E-state index is 14.5. The van der Waals surface area contributed by atoms with Crippen molar-refractivity contribution in [3.63, 3.8) is 0 Å². The predicted molar refractivity (Wildman–Crippen MR) is 320 cm³/mol. The molecular weight excluding hydrogens is 1150 g/mol. The molecule has 0 bridgehead atoms. The number of Topliss-reactive ketones (excluding diaryl/α,β-unsaturated/α-hetero) is 1. The van der Waals surface area contributed by atoms with E-state index in [1.165, 1.54) is 47.5 Å². The Labute approximate surface area is 489 Å². The molecular formula is C59H72ClF3N7O8PS3. The molecule has 5 aromatic rings. The molecule has 442 valence electrons. The van der Waals surface area contributed by atoms with Gasteiger partial charge in [-0.25, -0.2) is 26.6 Å². The van der Waals surface area contributed by atoms with Crippen LogP contribution in [0.5, 0.6) is 5.75 Å². The number of benzene rings is 5. The molecule has 5 aromatic carbocycles. The van der Waals surface area contributed by atoms with E-state index in [0.29, 0.717) is 81.4 Å². The first-order chi connectivity index (χ1) is 38.8. The van der Waals surface area contributed by atoms with Gasteiger partial charge in [-0.2, -0.15) is 13.2 Å². The van der Waals surface area contributed by atoms with Crippen molar-refractivity contribution in [2.24, 2.45) is 5.41 Å². The van der Waals surface area contributed by atoms with Crippen molar-refractivity contribution in [1.29, 1.82) is 0 Å². The minimum atomic E-state index is -6.14. The first kappa shape index (κ1) is 62.8. The van der Waals surface area contributed by atoms with Gasteiger partial charge in [0.2, 0.25) is 0 Å². The summed E-state index contributed by atoms with van der Waals surface area (Å²) >= 11 is 7.63. The molecule has 82 heavy (non-hydrogen) atoms. The van der Waals surface area contributed by atoms with Crippen LogP contribution < -0.4 is 24.5 Å². The van der Waals surface area contributed by atoms with Crippen LogP contribution in [0.3, 0.4) is 0 Å². The summed E-state index contributed by atoms with van der Waals surface area (Å²) in [5, 5.41) is 6.65. The highest BCUT2D eigenvalue weighted by atomic mass is 35.5. The number of hydrogen-bond acceptors (Lipinski definition) is 14. The number of allylic oxidation sites excluding steroid dienone is 1. The monoisotopic (exact) mass is 1230 g/mol. The molecule has 1 unspecified atom stereocenters. The van der Waals surface area contributed by atoms with Gasteiger partial charge in [-0.3, -0.25) is 19.1 Å². The fourth-order valence-electron chi connectivity index (χ4n) is 10.4. The molecule has 2 heterocycles. The SMILES string of the molecule is CC(=O)[C@@H](C)NP(=O)(CCN1CCN(CC[C@H](CSc2ccccc2)Nc2ccc(S(=O)(=O)NC(=O)c3ccc(N4CCN(CC5=C(c6ccc(Cl)cc6)CCC(C)(C)C5)CC4)cc3)cc2S(=O)(=O)C(F)(F)F)CC1)Oc1ccccc1. The number of sulfone groups is 1. The number of amides is 1. The highest BCUT2D eigenvalue weighted by molar-refractivity contribution is 7.99. The Hall–Kier alpha value is -5.22. The minimum Gasteiger partial charge on any atom is -0.433 e. The molecule has 1 amide bonds. The number of nitrogens with one attached hydrogen (secondary N) is 3. The molecule has 0 spiro atoms. The van der Waals surface area contributed by atoms with E-state index in [9.17, 15) is 44.2 Å². The number of nitrogens with zero attached hydrogens (tertiary/aromatic N) is 4. The van der Waals surface area contributed by atoms with Crippen LogP contribution in [0.25, 0.3) is 5.57 Å². The van der Waals surface area contributed by atoms with Crippen molar-refractivity contribution in [3.8, 4) is 5.75 Å². The highest BCUT2D eigenvalue weighted by Crippen LogP contribution is 2.45. The average molecular weight is 1230 g/mol. The second-order valence-electron chi connectivity index (χ2n) is 22.0. The molecule has 8 rings (SSSR count). The summed E-state index contributed by atoms with van der Waals surface area (Å²) in [4.78, 5) is 33.3. The van der Waals surface area contributed by atoms with E-state index < -0.39 is 66.4 Å². The smallest absolute Gasteiger partial charge is 0.433 e. The zero-order valence-electron chi connectivity index (χ0n) is 46.5. The standard InChI is InChI=1S/C59H72ClF3N7O8PS3/c1-43(44(2)71)65-79(73,78-51-11-7-5-8-12-51)38-37-68-31-29-67(30-32-68)28-26-49(42-80-52-13-9-6-10-14-52)64-55-24-23-53(39-56(55)81(74,75)59(61,62)63)82(76,77)66-57(72)46-17-21-50(22-18-46)70-35-33-69(34-36-70)41-47-40-58(3,4)27-25-54(47)45-15-19-48(60)20-16-45/h5-24,39,43,49,64H,25-38,40-42H2,1-4H3,(H,65,73)(H,66,72)/t43-,49-,79?/m1/s1. The Balaban J connectivity index is 0.903. The summed E-state index contributed by atoms with van der Waals surface area (Å²) in [6.45, 7) is 14.8. The Morgan fingerprint density at radius 3 is 2.02 bits per heavy atom. The number of rotatable bonds is 24. The summed E-state index contributed by atoms with van der Waals surface area (Å²) in [6.07, 6.45) is 3.60. The van der Waals surface area contributed by atoms with E-state index in [-0.39, 0.29) is 22.9 Å². The van der Waals surface area contributed by atoms with Crippen molar-refractivity contribution in [2.75, 3.05) is 94.1 Å². The van der Waals surface area contributed by atoms with Gasteiger partial charge < -0.3 is 24.5 Å². The first-order valence-corrected chi connectivity index (χ1v) is 33.6. The van der Waals surface area contributed by atoms with Gasteiger partial charge in [-0.1, -0.05) is 79.6 Å². The number of ketones is 1. The van der Waals surface area contributed by atoms with E-state index in [2.05, 4.69) is 56.0 Å². The van der Waals surface area contributed by atoms with E-state index in [0.717, 1.165) is 61.6 Å². The maximum absolute atomic E-state index is 14.5. The number of carbonyl (C=O) groups is 2. The second kappa shape index (κ2) is 27.2. The first-order valence-electron chi connectivity index (χ1n) is 27.4. The number of piperazine rings is 2. The van der Waals surface area contributed by atoms with Crippen LogP contribution in [-0.4, -0.2) is 145 Å². The highest BCUT2D eigenvalue weighted by Gasteiger charge is 2.48. The fraction of sp³-hybridized carbons (Fsp3) is 0.424. The van der Waals surface area contributed by atoms with E-state index in [1.807, 2.05) is 53.3 Å². The van der Waals surface area contributed by atoms with Crippen LogP contribution in [0.4, 0.5) is 24.5 Å². The molecule has 3 aliphatic rings. The third kappa shape index (κ3) is 17.0. The lowest BCUT2D eigenvalue weighted by atomic mass is 9.73. The Kier molecular flexibility index (Phi) is 20.8. The molecule has 2 saturated heterocycles. The molecule has 0 saturated carbocycles. The van der Waals surface area contributed by atoms with Gasteiger partial charge in [0.15, 0.2) is 0 Å². The van der Waals surface area contributed by atoms with Crippen LogP contribution in [0.1, 0.15) is 69.3 Å². The molecule has 3 atom stereocenters. The van der Waals surface area contributed by atoms with Crippen LogP contribution in [0.2, 0.25) is 5.02 Å². The number of carbonyl (C=O) groups excluding carboxylic acids is 2. The third-order valence-electron chi connectivity index (χ3n) is 15.2. The second-order valence-corrected chi connectivity index (χ2v) is 29.3. The molecule has 23 heteroatoms. The zero-order chi connectivity index (χ0) is 58.9. The van der Waals surface area contributed by atoms with Crippen molar-refractivity contribution < 1.29 is 48.7 Å². The van der Waals surface area contributed by atoms with Crippen molar-refractivity contribution in [1.82, 2.24) is 24.5 Å². The Morgan fingerprint density at radius 1 is 0.793 bits per heavy atom. The summed E-state index contributed by atoms with van der Waals surface area (Å²) in [7, 11) is -14.6. The summed E-state index contributed by atoms with van der Waals surface area (Å²) in [5.41, 5.74) is -1.22. The van der Waals surface area contributed by atoms with Crippen LogP contribution >= 0.6 is 30.9 Å². The van der Waals surface area contributed by atoms with Gasteiger partial charge in [-0.05, 0) is 135 Å². The van der Waals surface area contributed by atoms with Crippen LogP contribution in [-0.2, 0) is 29.2 Å². The number of sulfonamides is 1. The van der Waals surface area contributed by atoms with Gasteiger partial charge in [0.05, 0.1) is 22.8 Å². The lowest BCUT2D eigenvalue weighted by Crippen LogP contribution is -2.48. The normalized spacial score (nSPS) is 18.3. The number of para-hydroxylation sites is 1. The van der Waals surface area contributed by atoms with Crippen molar-refractivity contribution in [2.45, 2.75) is 85.7 Å². The van der Waals surface area contributed by atoms with Gasteiger partial charge in [0.25, 0.3) is 25.8 Å². The predicted octanol–water partition coefficient (Wildman–Crippen LogP) is 11.0. The Morgan fingerprint density at radius 2 is 1.40 bits per heavy atom. The summed E-state index contributed by atoms with van der Waals surface area (Å²) in [5.74, 6) is -0.518. The molecule has 0 aromatic heterocycles. The molecule has 3 N–H and O–H groups in total. The number of thioether (sulfide) groups is 1. The van der Waals surface area contributed by atoms with E-state index in [1.54, 1.807) is 43.3 Å². The van der Waals surface area contributed by atoms with Crippen LogP contribution in [0.15, 0.2) is 148 Å². The summed E-state index contributed by atoms with van der Waals surface area (Å²) in [6, 6.07) is 33.5. The number of halogens is 4. The fourth-order valence-corrected chi connectivity index (χ4v) is 15.5. The molecule has 2 aliphatic heterocycles. The van der Waals surface area contributed by atoms with Crippen LogP contribution in [0, 0.1) is 5.41 Å². The van der Waals surface area contributed by atoms with E-state index in [4.69, 9.17) is 16.1 Å². The number of hydrogen-bond donors (Lipinski definition) is 3.